The summed E-state index contributed by atoms with van der Waals surface area (Å²) in [6.45, 7) is 6.27. The van der Waals surface area contributed by atoms with Crippen molar-refractivity contribution in [3.63, 3.8) is 0 Å². The third-order valence-electron chi connectivity index (χ3n) is 7.03. The fourth-order valence-corrected chi connectivity index (χ4v) is 4.94. The summed E-state index contributed by atoms with van der Waals surface area (Å²) in [5.41, 5.74) is 1.85. The molecule has 1 aliphatic carbocycles. The molecule has 1 N–H and O–H groups in total. The van der Waals surface area contributed by atoms with Gasteiger partial charge >= 0.3 is 31.1 Å². The third kappa shape index (κ3) is 7.77. The fraction of sp³-hybridized carbons (Fsp3) is 0.481. The van der Waals surface area contributed by atoms with Crippen molar-refractivity contribution in [1.82, 2.24) is 10.2 Å². The second-order valence-electron chi connectivity index (χ2n) is 9.12. The minimum Gasteiger partial charge on any atom is -0.683 e. The smallest absolute Gasteiger partial charge is 0.683 e. The van der Waals surface area contributed by atoms with Gasteiger partial charge in [0.25, 0.3) is 5.91 Å². The number of carbonyl (C=O) groups is 1. The van der Waals surface area contributed by atoms with E-state index < -0.39 is 0 Å². The monoisotopic (exact) mass is 671 g/mol. The minimum atomic E-state index is 0. The van der Waals surface area contributed by atoms with E-state index in [1.54, 1.807) is 0 Å². The van der Waals surface area contributed by atoms with E-state index in [9.17, 15) is 4.79 Å². The molecule has 6 heteroatoms. The summed E-state index contributed by atoms with van der Waals surface area (Å²) in [4.78, 5) is 17.2. The Morgan fingerprint density at radius 3 is 2.36 bits per heavy atom. The first-order chi connectivity index (χ1) is 15.7. The van der Waals surface area contributed by atoms with Gasteiger partial charge in [0.2, 0.25) is 0 Å². The molecule has 1 amide bonds. The van der Waals surface area contributed by atoms with E-state index in [0.29, 0.717) is 11.7 Å². The number of amides is 1. The number of nitrogens with one attached hydrogen (secondary N) is 1. The van der Waals surface area contributed by atoms with Gasteiger partial charge in [-0.2, -0.15) is 13.2 Å². The van der Waals surface area contributed by atoms with Crippen LogP contribution in [0.1, 0.15) is 42.5 Å². The molecule has 1 saturated heterocycles. The van der Waals surface area contributed by atoms with Crippen LogP contribution in [0.15, 0.2) is 48.5 Å². The van der Waals surface area contributed by atoms with E-state index in [1.165, 1.54) is 38.6 Å². The number of hydrogen-bond donors (Lipinski definition) is 1. The molecule has 2 aromatic carbocycles. The number of benzene rings is 2. The predicted molar refractivity (Wildman–Crippen MR) is 129 cm³/mol. The minimum absolute atomic E-state index is 0. The van der Waals surface area contributed by atoms with E-state index in [1.807, 2.05) is 42.5 Å². The van der Waals surface area contributed by atoms with Crippen molar-refractivity contribution in [2.75, 3.05) is 44.2 Å². The van der Waals surface area contributed by atoms with E-state index in [0.717, 1.165) is 49.9 Å². The van der Waals surface area contributed by atoms with E-state index >= 15 is 0 Å². The summed E-state index contributed by atoms with van der Waals surface area (Å²) in [5, 5.41) is 3.13. The van der Waals surface area contributed by atoms with Crippen molar-refractivity contribution in [3.05, 3.63) is 67.3 Å². The molecule has 2 fully saturated rings. The number of ether oxygens (including phenoxy) is 1. The molecule has 1 saturated carbocycles. The summed E-state index contributed by atoms with van der Waals surface area (Å²) in [6, 6.07) is 18.8. The van der Waals surface area contributed by atoms with Crippen LogP contribution in [0.25, 0.3) is 0 Å². The van der Waals surface area contributed by atoms with Crippen LogP contribution in [0.5, 0.6) is 5.75 Å². The van der Waals surface area contributed by atoms with Crippen molar-refractivity contribution in [1.29, 1.82) is 0 Å². The van der Waals surface area contributed by atoms with Gasteiger partial charge in [0.1, 0.15) is 0 Å². The van der Waals surface area contributed by atoms with Crippen LogP contribution in [-0.4, -0.2) is 50.1 Å². The average molecular weight is 672 g/mol. The molecule has 1 aliphatic heterocycles. The van der Waals surface area contributed by atoms with Crippen molar-refractivity contribution < 1.29 is 40.6 Å². The first kappa shape index (κ1) is 26.1. The van der Waals surface area contributed by atoms with Crippen molar-refractivity contribution in [2.45, 2.75) is 32.1 Å². The molecule has 0 unspecified atom stereocenters. The largest absolute Gasteiger partial charge is 2.00 e. The van der Waals surface area contributed by atoms with Crippen LogP contribution in [-0.2, 0) is 0 Å². The number of hydrogen-bond acceptors (Lipinski definition) is 4. The van der Waals surface area contributed by atoms with E-state index in [2.05, 4.69) is 34.4 Å². The van der Waals surface area contributed by atoms with Gasteiger partial charge in [-0.05, 0) is 55.5 Å². The molecule has 2 aliphatic rings. The molecule has 33 heavy (non-hydrogen) atoms. The van der Waals surface area contributed by atoms with Gasteiger partial charge in [-0.25, -0.2) is 0 Å². The topological polar surface area (TPSA) is 44.8 Å². The number of nitrogens with zero attached hydrogens (tertiary/aromatic N) is 2. The molecule has 1 heterocycles. The van der Waals surface area contributed by atoms with Crippen LogP contribution in [0.2, 0.25) is 0 Å². The van der Waals surface area contributed by atoms with Gasteiger partial charge in [-0.1, -0.05) is 36.7 Å². The maximum atomic E-state index is 12.2. The summed E-state index contributed by atoms with van der Waals surface area (Å²) in [6.07, 6.45) is 6.33. The van der Waals surface area contributed by atoms with Crippen LogP contribution < -0.4 is 15.0 Å². The van der Waals surface area contributed by atoms with E-state index in [-0.39, 0.29) is 37.0 Å². The maximum absolute atomic E-state index is 12.2. The summed E-state index contributed by atoms with van der Waals surface area (Å²) in [7, 11) is 3.48. The molecule has 0 radical (unpaired) electrons. The van der Waals surface area contributed by atoms with Gasteiger partial charge in [0, 0.05) is 38.3 Å². The van der Waals surface area contributed by atoms with Crippen LogP contribution in [0.4, 0.5) is 5.69 Å². The fourth-order valence-electron chi connectivity index (χ4n) is 4.94. The Balaban J connectivity index is 0.00000306. The summed E-state index contributed by atoms with van der Waals surface area (Å²) < 4.78 is 5.06. The van der Waals surface area contributed by atoms with Crippen LogP contribution >= 0.6 is 0 Å². The zero-order valence-electron chi connectivity index (χ0n) is 19.5. The Hall–Kier alpha value is -1.48. The second kappa shape index (κ2) is 13.4. The van der Waals surface area contributed by atoms with Crippen molar-refractivity contribution in [2.24, 2.45) is 11.8 Å². The number of carbonyl (C=O) groups excluding carboxylic acids is 1. The van der Waals surface area contributed by atoms with Gasteiger partial charge in [-0.3, -0.25) is 9.69 Å². The summed E-state index contributed by atoms with van der Waals surface area (Å²) >= 11 is 0. The Labute approximate surface area is 222 Å². The van der Waals surface area contributed by atoms with Gasteiger partial charge in [0.05, 0.1) is 0 Å². The standard InChI is InChI=1S/C27H35N3O2.U/c1-32-26-9-5-8-25(20-26)30-18-16-29(17-19-30)15-14-22-10-12-23(13-11-22)21-28-27(31)24-6-3-2-4-7-24;/h2-9,22-23H,1,10-19,21H2,(H,28,31);/q-2;+2. The van der Waals surface area contributed by atoms with Gasteiger partial charge in [0.15, 0.2) is 0 Å². The normalized spacial score (nSPS) is 21.2. The average Bonchev–Trinajstić information content (AvgIpc) is 2.87. The second-order valence-corrected chi connectivity index (χ2v) is 9.12. The van der Waals surface area contributed by atoms with Crippen molar-refractivity contribution in [3.8, 4) is 5.75 Å². The quantitative estimate of drug-likeness (QED) is 0.423. The third-order valence-corrected chi connectivity index (χ3v) is 7.03. The summed E-state index contributed by atoms with van der Waals surface area (Å²) in [5.74, 6) is 2.19. The number of rotatable bonds is 8. The molecule has 174 valence electrons. The molecule has 0 spiro atoms. The molecule has 2 aromatic rings. The SMILES string of the molecule is [CH2-]Oc1[c-]c(N2CCN(CCC3CCC(CNC(=O)c4ccccc4)CC3)CC2)ccc1.[U+2]. The predicted octanol–water partition coefficient (Wildman–Crippen LogP) is 4.41. The van der Waals surface area contributed by atoms with Gasteiger partial charge < -0.3 is 15.0 Å². The first-order valence-electron chi connectivity index (χ1n) is 12.0. The number of piperazine rings is 1. The Morgan fingerprint density at radius 1 is 0.970 bits per heavy atom. The zero-order chi connectivity index (χ0) is 22.2. The molecule has 0 atom stereocenters. The maximum Gasteiger partial charge on any atom is 2.00 e. The Morgan fingerprint density at radius 2 is 1.67 bits per heavy atom. The molecule has 4 rings (SSSR count). The molecular weight excluding hydrogens is 636 g/mol. The Bertz CT molecular complexity index is 847. The molecule has 0 bridgehead atoms. The van der Waals surface area contributed by atoms with Crippen molar-refractivity contribution >= 4 is 11.6 Å². The Kier molecular flexibility index (Phi) is 10.6. The first-order valence-corrected chi connectivity index (χ1v) is 12.0. The molecule has 5 nitrogen and oxygen atoms in total. The van der Waals surface area contributed by atoms with Crippen LogP contribution in [0.3, 0.4) is 0 Å². The zero-order valence-corrected chi connectivity index (χ0v) is 23.6. The van der Waals surface area contributed by atoms with Gasteiger partial charge in [-0.15, -0.1) is 18.2 Å². The van der Waals surface area contributed by atoms with E-state index in [4.69, 9.17) is 4.74 Å². The number of anilines is 1. The molecule has 0 aromatic heterocycles. The van der Waals surface area contributed by atoms with Crippen LogP contribution in [0, 0.1) is 56.1 Å². The molecular formula is C27H35N3O2U.